The number of carbonyl (C=O) groups excluding carboxylic acids is 1. The van der Waals surface area contributed by atoms with Crippen molar-refractivity contribution in [3.63, 3.8) is 0 Å². The lowest BCUT2D eigenvalue weighted by Crippen LogP contribution is -2.48. The van der Waals surface area contributed by atoms with Crippen LogP contribution >= 0.6 is 0 Å². The summed E-state index contributed by atoms with van der Waals surface area (Å²) >= 11 is 0. The molecule has 24 heavy (non-hydrogen) atoms. The van der Waals surface area contributed by atoms with Crippen molar-refractivity contribution in [2.45, 2.75) is 57.4 Å². The first-order chi connectivity index (χ1) is 11.8. The van der Waals surface area contributed by atoms with Crippen LogP contribution in [0.2, 0.25) is 0 Å². The molecule has 1 heterocycles. The minimum atomic E-state index is 0.0366. The Labute approximate surface area is 142 Å². The van der Waals surface area contributed by atoms with Crippen LogP contribution in [0.4, 0.5) is 0 Å². The first-order valence-electron chi connectivity index (χ1n) is 9.04. The highest BCUT2D eigenvalue weighted by Crippen LogP contribution is 2.49. The third-order valence-electron chi connectivity index (χ3n) is 5.87. The number of rotatable bonds is 3. The highest BCUT2D eigenvalue weighted by Gasteiger charge is 2.43. The van der Waals surface area contributed by atoms with Gasteiger partial charge in [0.15, 0.2) is 5.82 Å². The Morgan fingerprint density at radius 3 is 2.71 bits per heavy atom. The molecule has 2 saturated carbocycles. The number of carbonyl (C=O) groups is 1. The lowest BCUT2D eigenvalue weighted by molar-refractivity contribution is 0.0805. The maximum atomic E-state index is 12.8. The molecule has 5 nitrogen and oxygen atoms in total. The normalized spacial score (nSPS) is 22.6. The topological polar surface area (TPSA) is 70.7 Å². The van der Waals surface area contributed by atoms with Gasteiger partial charge in [-0.25, -0.2) is 4.98 Å². The van der Waals surface area contributed by atoms with E-state index in [1.165, 1.54) is 51.3 Å². The van der Waals surface area contributed by atoms with Crippen LogP contribution in [-0.2, 0) is 0 Å². The van der Waals surface area contributed by atoms with Crippen molar-refractivity contribution in [1.29, 1.82) is 0 Å². The fourth-order valence-corrected chi connectivity index (χ4v) is 4.60. The van der Waals surface area contributed by atoms with E-state index < -0.39 is 0 Å². The first-order valence-corrected chi connectivity index (χ1v) is 9.04. The minimum Gasteiger partial charge on any atom is -0.349 e. The summed E-state index contributed by atoms with van der Waals surface area (Å²) in [6.45, 7) is 0. The Bertz CT molecular complexity index is 704. The zero-order valence-electron chi connectivity index (χ0n) is 13.9. The van der Waals surface area contributed by atoms with E-state index in [1.54, 1.807) is 0 Å². The summed E-state index contributed by atoms with van der Waals surface area (Å²) in [6, 6.07) is 7.93. The van der Waals surface area contributed by atoms with E-state index in [4.69, 9.17) is 0 Å². The summed E-state index contributed by atoms with van der Waals surface area (Å²) in [5, 5.41) is 10.1. The molecule has 1 amide bonds. The largest absolute Gasteiger partial charge is 0.349 e. The van der Waals surface area contributed by atoms with Crippen LogP contribution in [0.25, 0.3) is 11.4 Å². The summed E-state index contributed by atoms with van der Waals surface area (Å²) in [4.78, 5) is 17.0. The summed E-state index contributed by atoms with van der Waals surface area (Å²) in [6.07, 6.45) is 11.6. The van der Waals surface area contributed by atoms with E-state index in [2.05, 4.69) is 20.5 Å². The molecule has 1 aromatic carbocycles. The van der Waals surface area contributed by atoms with E-state index in [0.29, 0.717) is 22.8 Å². The Balaban J connectivity index is 1.52. The molecule has 2 aliphatic carbocycles. The fourth-order valence-electron chi connectivity index (χ4n) is 4.60. The standard InChI is InChI=1S/C19H24N4O/c24-18(15-7-5-6-14(12-15)17-20-13-21-23-17)22-16-8-1-2-9-19(16)10-3-4-11-19/h5-7,12-13,16H,1-4,8-11H2,(H,22,24)(H,20,21,23). The lowest BCUT2D eigenvalue weighted by Gasteiger charge is -2.42. The van der Waals surface area contributed by atoms with Gasteiger partial charge >= 0.3 is 0 Å². The maximum Gasteiger partial charge on any atom is 0.251 e. The van der Waals surface area contributed by atoms with Crippen molar-refractivity contribution in [3.8, 4) is 11.4 Å². The van der Waals surface area contributed by atoms with Gasteiger partial charge in [-0.3, -0.25) is 9.89 Å². The number of benzene rings is 1. The molecule has 1 atom stereocenters. The summed E-state index contributed by atoms with van der Waals surface area (Å²) in [5.74, 6) is 0.726. The average molecular weight is 324 g/mol. The van der Waals surface area contributed by atoms with Gasteiger partial charge in [0.1, 0.15) is 6.33 Å². The zero-order chi connectivity index (χ0) is 16.4. The quantitative estimate of drug-likeness (QED) is 0.904. The van der Waals surface area contributed by atoms with Crippen molar-refractivity contribution < 1.29 is 4.79 Å². The predicted octanol–water partition coefficient (Wildman–Crippen LogP) is 3.70. The minimum absolute atomic E-state index is 0.0366. The Kier molecular flexibility index (Phi) is 4.08. The molecule has 0 saturated heterocycles. The van der Waals surface area contributed by atoms with Crippen LogP contribution in [0.15, 0.2) is 30.6 Å². The number of hydrogen-bond acceptors (Lipinski definition) is 3. The van der Waals surface area contributed by atoms with Gasteiger partial charge < -0.3 is 5.32 Å². The molecule has 2 fully saturated rings. The number of H-pyrrole nitrogens is 1. The second-order valence-electron chi connectivity index (χ2n) is 7.26. The molecule has 1 aromatic heterocycles. The van der Waals surface area contributed by atoms with Gasteiger partial charge in [0, 0.05) is 17.2 Å². The Morgan fingerprint density at radius 1 is 1.17 bits per heavy atom. The highest BCUT2D eigenvalue weighted by molar-refractivity contribution is 5.95. The summed E-state index contributed by atoms with van der Waals surface area (Å²) in [5.41, 5.74) is 1.94. The average Bonchev–Trinajstić information content (AvgIpc) is 3.30. The number of aromatic amines is 1. The number of nitrogens with one attached hydrogen (secondary N) is 2. The molecule has 126 valence electrons. The number of aromatic nitrogens is 3. The van der Waals surface area contributed by atoms with Gasteiger partial charge in [-0.05, 0) is 43.2 Å². The number of nitrogens with zero attached hydrogens (tertiary/aromatic N) is 2. The highest BCUT2D eigenvalue weighted by atomic mass is 16.1. The predicted molar refractivity (Wildman–Crippen MR) is 92.4 cm³/mol. The molecular weight excluding hydrogens is 300 g/mol. The molecule has 2 aromatic rings. The van der Waals surface area contributed by atoms with Gasteiger partial charge in [0.05, 0.1) is 0 Å². The van der Waals surface area contributed by atoms with Crippen molar-refractivity contribution in [2.75, 3.05) is 0 Å². The van der Waals surface area contributed by atoms with Crippen molar-refractivity contribution in [1.82, 2.24) is 20.5 Å². The SMILES string of the molecule is O=C(NC1CCCCC12CCCC2)c1cccc(-c2ncn[nH]2)c1. The van der Waals surface area contributed by atoms with Crippen LogP contribution in [0.1, 0.15) is 61.7 Å². The lowest BCUT2D eigenvalue weighted by atomic mass is 9.69. The Hall–Kier alpha value is -2.17. The smallest absolute Gasteiger partial charge is 0.251 e. The van der Waals surface area contributed by atoms with Gasteiger partial charge in [0.25, 0.3) is 5.91 Å². The third-order valence-corrected chi connectivity index (χ3v) is 5.87. The van der Waals surface area contributed by atoms with Gasteiger partial charge in [0.2, 0.25) is 0 Å². The van der Waals surface area contributed by atoms with Gasteiger partial charge in [-0.1, -0.05) is 37.8 Å². The first kappa shape index (κ1) is 15.4. The molecule has 0 bridgehead atoms. The van der Waals surface area contributed by atoms with Crippen LogP contribution in [0.5, 0.6) is 0 Å². The van der Waals surface area contributed by atoms with Crippen molar-refractivity contribution >= 4 is 5.91 Å². The van der Waals surface area contributed by atoms with E-state index in [0.717, 1.165) is 12.0 Å². The van der Waals surface area contributed by atoms with Gasteiger partial charge in [-0.15, -0.1) is 0 Å². The molecule has 4 rings (SSSR count). The second-order valence-corrected chi connectivity index (χ2v) is 7.26. The van der Waals surface area contributed by atoms with Crippen LogP contribution in [0.3, 0.4) is 0 Å². The maximum absolute atomic E-state index is 12.8. The summed E-state index contributed by atoms with van der Waals surface area (Å²) in [7, 11) is 0. The van der Waals surface area contributed by atoms with Crippen LogP contribution in [-0.4, -0.2) is 27.1 Å². The Morgan fingerprint density at radius 2 is 1.96 bits per heavy atom. The molecule has 0 aliphatic heterocycles. The van der Waals surface area contributed by atoms with Crippen LogP contribution in [0, 0.1) is 5.41 Å². The second kappa shape index (κ2) is 6.38. The molecule has 5 heteroatoms. The molecule has 2 aliphatic rings. The van der Waals surface area contributed by atoms with E-state index in [1.807, 2.05) is 24.3 Å². The molecule has 0 radical (unpaired) electrons. The monoisotopic (exact) mass is 324 g/mol. The molecule has 2 N–H and O–H groups in total. The number of hydrogen-bond donors (Lipinski definition) is 2. The third kappa shape index (κ3) is 2.83. The molecule has 1 unspecified atom stereocenters. The fraction of sp³-hybridized carbons (Fsp3) is 0.526. The van der Waals surface area contributed by atoms with E-state index >= 15 is 0 Å². The van der Waals surface area contributed by atoms with Crippen molar-refractivity contribution in [2.24, 2.45) is 5.41 Å². The summed E-state index contributed by atoms with van der Waals surface area (Å²) < 4.78 is 0. The van der Waals surface area contributed by atoms with E-state index in [9.17, 15) is 4.79 Å². The van der Waals surface area contributed by atoms with E-state index in [-0.39, 0.29) is 5.91 Å². The molecule has 1 spiro atoms. The van der Waals surface area contributed by atoms with Crippen LogP contribution < -0.4 is 5.32 Å². The zero-order valence-corrected chi connectivity index (χ0v) is 13.9. The van der Waals surface area contributed by atoms with Crippen molar-refractivity contribution in [3.05, 3.63) is 36.2 Å². The molecular formula is C19H24N4O. The number of amides is 1. The van der Waals surface area contributed by atoms with Gasteiger partial charge in [-0.2, -0.15) is 5.10 Å².